The second kappa shape index (κ2) is 11.1. The largest absolute Gasteiger partial charge is 0.490 e. The first-order chi connectivity index (χ1) is 16.9. The van der Waals surface area contributed by atoms with E-state index in [1.165, 1.54) is 10.4 Å². The number of nitriles is 1. The summed E-state index contributed by atoms with van der Waals surface area (Å²) in [5, 5.41) is 8.99. The summed E-state index contributed by atoms with van der Waals surface area (Å²) in [4.78, 5) is 15.3. The quantitative estimate of drug-likeness (QED) is 0.580. The molecular weight excluding hydrogens is 466 g/mol. The van der Waals surface area contributed by atoms with E-state index in [0.29, 0.717) is 69.3 Å². The van der Waals surface area contributed by atoms with Crippen LogP contribution in [0.5, 0.6) is 11.5 Å². The molecule has 0 atom stereocenters. The first-order valence-electron chi connectivity index (χ1n) is 12.1. The van der Waals surface area contributed by atoms with Crippen LogP contribution in [0.4, 0.5) is 0 Å². The molecule has 2 aliphatic heterocycles. The summed E-state index contributed by atoms with van der Waals surface area (Å²) in [5.41, 5.74) is 1.56. The number of carbonyl (C=O) groups excluding carboxylic acids is 1. The highest BCUT2D eigenvalue weighted by molar-refractivity contribution is 7.89. The van der Waals surface area contributed by atoms with Crippen LogP contribution in [-0.2, 0) is 21.4 Å². The van der Waals surface area contributed by atoms with Gasteiger partial charge in [-0.1, -0.05) is 19.1 Å². The predicted octanol–water partition coefficient (Wildman–Crippen LogP) is 3.56. The Balaban J connectivity index is 1.40. The summed E-state index contributed by atoms with van der Waals surface area (Å²) >= 11 is 0. The molecule has 1 fully saturated rings. The van der Waals surface area contributed by atoms with Crippen LogP contribution in [0.25, 0.3) is 0 Å². The van der Waals surface area contributed by atoms with Crippen LogP contribution in [0.1, 0.15) is 43.7 Å². The Bertz CT molecular complexity index is 1180. The van der Waals surface area contributed by atoms with Crippen molar-refractivity contribution in [3.8, 4) is 17.6 Å². The molecule has 9 heteroatoms. The number of rotatable bonds is 7. The lowest BCUT2D eigenvalue weighted by Crippen LogP contribution is -2.44. The zero-order valence-corrected chi connectivity index (χ0v) is 20.8. The monoisotopic (exact) mass is 497 g/mol. The Morgan fingerprint density at radius 2 is 1.77 bits per heavy atom. The lowest BCUT2D eigenvalue weighted by molar-refractivity contribution is -0.137. The summed E-state index contributed by atoms with van der Waals surface area (Å²) in [7, 11) is -3.70. The van der Waals surface area contributed by atoms with Gasteiger partial charge in [-0.25, -0.2) is 8.42 Å². The van der Waals surface area contributed by atoms with Gasteiger partial charge in [0.2, 0.25) is 15.9 Å². The molecule has 2 aromatic carbocycles. The van der Waals surface area contributed by atoms with Crippen molar-refractivity contribution in [1.82, 2.24) is 9.21 Å². The molecule has 4 rings (SSSR count). The normalized spacial score (nSPS) is 16.8. The van der Waals surface area contributed by atoms with Crippen molar-refractivity contribution >= 4 is 15.9 Å². The zero-order chi connectivity index (χ0) is 24.8. The van der Waals surface area contributed by atoms with Gasteiger partial charge in [0.05, 0.1) is 29.7 Å². The molecule has 186 valence electrons. The maximum atomic E-state index is 13.3. The Kier molecular flexibility index (Phi) is 7.93. The first kappa shape index (κ1) is 25.0. The molecule has 1 amide bonds. The molecule has 0 radical (unpaired) electrons. The summed E-state index contributed by atoms with van der Waals surface area (Å²) in [5.74, 6) is 0.856. The number of benzene rings is 2. The Hall–Kier alpha value is -3.09. The number of carbonyl (C=O) groups is 1. The fraction of sp³-hybridized carbons (Fsp3) is 0.462. The molecule has 2 heterocycles. The van der Waals surface area contributed by atoms with Crippen LogP contribution in [0.15, 0.2) is 47.4 Å². The van der Waals surface area contributed by atoms with Crippen LogP contribution >= 0.6 is 0 Å². The van der Waals surface area contributed by atoms with Crippen LogP contribution in [0.3, 0.4) is 0 Å². The third-order valence-corrected chi connectivity index (χ3v) is 8.32. The molecule has 0 N–H and O–H groups in total. The molecule has 0 bridgehead atoms. The average Bonchev–Trinajstić information content (AvgIpc) is 3.13. The van der Waals surface area contributed by atoms with Gasteiger partial charge in [-0.15, -0.1) is 0 Å². The van der Waals surface area contributed by atoms with Gasteiger partial charge in [0, 0.05) is 44.6 Å². The molecule has 2 aromatic rings. The fourth-order valence-electron chi connectivity index (χ4n) is 4.50. The summed E-state index contributed by atoms with van der Waals surface area (Å²) in [6.45, 7) is 4.77. The molecule has 35 heavy (non-hydrogen) atoms. The Morgan fingerprint density at radius 1 is 1.09 bits per heavy atom. The second-order valence-corrected chi connectivity index (χ2v) is 10.8. The number of piperidine rings is 1. The highest BCUT2D eigenvalue weighted by Gasteiger charge is 2.34. The van der Waals surface area contributed by atoms with Gasteiger partial charge in [-0.3, -0.25) is 4.79 Å². The predicted molar refractivity (Wildman–Crippen MR) is 130 cm³/mol. The molecular formula is C26H31N3O5S. The average molecular weight is 498 g/mol. The first-order valence-corrected chi connectivity index (χ1v) is 13.5. The Labute approximate surface area is 207 Å². The number of sulfonamides is 1. The van der Waals surface area contributed by atoms with Crippen LogP contribution in [-0.4, -0.2) is 56.4 Å². The van der Waals surface area contributed by atoms with Crippen LogP contribution in [0, 0.1) is 17.2 Å². The summed E-state index contributed by atoms with van der Waals surface area (Å²) < 4.78 is 39.3. The molecule has 2 aliphatic rings. The molecule has 1 saturated heterocycles. The topological polar surface area (TPSA) is 99.9 Å². The molecule has 8 nitrogen and oxygen atoms in total. The number of hydrogen-bond donors (Lipinski definition) is 0. The smallest absolute Gasteiger partial charge is 0.243 e. The van der Waals surface area contributed by atoms with E-state index in [9.17, 15) is 13.2 Å². The van der Waals surface area contributed by atoms with Crippen LogP contribution in [0.2, 0.25) is 0 Å². The van der Waals surface area contributed by atoms with E-state index < -0.39 is 10.0 Å². The van der Waals surface area contributed by atoms with Crippen LogP contribution < -0.4 is 9.47 Å². The van der Waals surface area contributed by atoms with Crippen molar-refractivity contribution in [3.05, 3.63) is 53.6 Å². The molecule has 0 unspecified atom stereocenters. The highest BCUT2D eigenvalue weighted by Crippen LogP contribution is 2.34. The van der Waals surface area contributed by atoms with Gasteiger partial charge >= 0.3 is 0 Å². The van der Waals surface area contributed by atoms with E-state index >= 15 is 0 Å². The van der Waals surface area contributed by atoms with Gasteiger partial charge < -0.3 is 14.4 Å². The minimum Gasteiger partial charge on any atom is -0.490 e. The van der Waals surface area contributed by atoms with Crippen molar-refractivity contribution in [2.24, 2.45) is 5.92 Å². The number of hydrogen-bond acceptors (Lipinski definition) is 6. The lowest BCUT2D eigenvalue weighted by atomic mass is 9.96. The summed E-state index contributed by atoms with van der Waals surface area (Å²) in [6, 6.07) is 14.1. The zero-order valence-electron chi connectivity index (χ0n) is 20.0. The minimum absolute atomic E-state index is 0.0591. The van der Waals surface area contributed by atoms with Gasteiger partial charge in [-0.05, 0) is 49.1 Å². The minimum atomic E-state index is -3.70. The molecule has 0 aliphatic carbocycles. The van der Waals surface area contributed by atoms with Crippen molar-refractivity contribution in [1.29, 1.82) is 5.26 Å². The maximum absolute atomic E-state index is 13.3. The highest BCUT2D eigenvalue weighted by atomic mass is 32.2. The van der Waals surface area contributed by atoms with Gasteiger partial charge in [-0.2, -0.15) is 9.57 Å². The maximum Gasteiger partial charge on any atom is 0.243 e. The molecule has 0 spiro atoms. The summed E-state index contributed by atoms with van der Waals surface area (Å²) in [6.07, 6.45) is 2.55. The third-order valence-electron chi connectivity index (χ3n) is 6.42. The number of nitrogens with zero attached hydrogens (tertiary/aromatic N) is 3. The van der Waals surface area contributed by atoms with Gasteiger partial charge in [0.15, 0.2) is 11.5 Å². The molecule has 0 aromatic heterocycles. The van der Waals surface area contributed by atoms with Crippen molar-refractivity contribution < 1.29 is 22.7 Å². The van der Waals surface area contributed by atoms with E-state index in [1.54, 1.807) is 24.3 Å². The van der Waals surface area contributed by atoms with E-state index in [0.717, 1.165) is 18.4 Å². The van der Waals surface area contributed by atoms with E-state index in [-0.39, 0.29) is 16.7 Å². The Morgan fingerprint density at radius 3 is 2.43 bits per heavy atom. The van der Waals surface area contributed by atoms with Crippen molar-refractivity contribution in [2.45, 2.75) is 44.0 Å². The third kappa shape index (κ3) is 5.77. The number of fused-ring (bicyclic) bond motifs is 1. The van der Waals surface area contributed by atoms with Crippen molar-refractivity contribution in [2.75, 3.05) is 32.8 Å². The second-order valence-electron chi connectivity index (χ2n) is 8.91. The number of amides is 1. The van der Waals surface area contributed by atoms with Gasteiger partial charge in [0.25, 0.3) is 0 Å². The van der Waals surface area contributed by atoms with Gasteiger partial charge in [0.1, 0.15) is 0 Å². The van der Waals surface area contributed by atoms with E-state index in [4.69, 9.17) is 14.7 Å². The number of ether oxygens (including phenoxy) is 2. The SMILES string of the molecule is CCCN(Cc1ccc(C#N)cc1)C(=O)C1CCN(S(=O)(=O)c2ccc3c(c2)OCCCO3)CC1. The fourth-order valence-corrected chi connectivity index (χ4v) is 5.98. The lowest BCUT2D eigenvalue weighted by Gasteiger charge is -2.33. The molecule has 0 saturated carbocycles. The van der Waals surface area contributed by atoms with E-state index in [1.807, 2.05) is 24.0 Å². The van der Waals surface area contributed by atoms with E-state index in [2.05, 4.69) is 6.07 Å². The standard InChI is InChI=1S/C26H31N3O5S/c1-2-12-28(19-21-6-4-20(18-27)5-7-21)26(30)22-10-13-29(14-11-22)35(31,32)23-8-9-24-25(17-23)34-16-3-15-33-24/h4-9,17,22H,2-3,10-16,19H2,1H3. The van der Waals surface area contributed by atoms with Crippen molar-refractivity contribution in [3.63, 3.8) is 0 Å².